The molecule has 3 saturated heterocycles. The average Bonchev–Trinajstić information content (AvgIpc) is 2.54. The number of carboxylic acid groups (broad SMARTS) is 1. The number of aldehydes is 1. The maximum atomic E-state index is 14.9. The van der Waals surface area contributed by atoms with Crippen LogP contribution in [0.5, 0.6) is 0 Å². The number of fused-ring (bicyclic) bond motifs is 7. The van der Waals surface area contributed by atoms with Crippen LogP contribution < -0.4 is 5.32 Å². The molecule has 3 heterocycles. The zero-order chi connectivity index (χ0) is 57.5. The summed E-state index contributed by atoms with van der Waals surface area (Å²) in [5, 5.41) is 112. The van der Waals surface area contributed by atoms with Gasteiger partial charge < -0.3 is 89.6 Å². The molecule has 9 rings (SSSR count). The van der Waals surface area contributed by atoms with E-state index in [1.165, 1.54) is 5.57 Å². The normalized spacial score (nSPS) is 47.5. The van der Waals surface area contributed by atoms with Crippen LogP contribution in [0.25, 0.3) is 0 Å². The van der Waals surface area contributed by atoms with Gasteiger partial charge in [0.25, 0.3) is 5.91 Å². The number of hydrogen-bond acceptors (Lipinski definition) is 19. The van der Waals surface area contributed by atoms with Gasteiger partial charge in [-0.15, -0.1) is 0 Å². The zero-order valence-electron chi connectivity index (χ0n) is 46.4. The number of aryl methyl sites for hydroxylation is 1. The third-order valence-corrected chi connectivity index (χ3v) is 21.2. The molecule has 4 saturated carbocycles. The van der Waals surface area contributed by atoms with Gasteiger partial charge >= 0.3 is 5.97 Å². The van der Waals surface area contributed by atoms with Gasteiger partial charge in [0.2, 0.25) is 0 Å². The molecule has 7 fully saturated rings. The van der Waals surface area contributed by atoms with Gasteiger partial charge in [-0.25, -0.2) is 4.79 Å². The second-order valence-electron chi connectivity index (χ2n) is 26.2. The topological polar surface area (TPSA) is 338 Å². The van der Waals surface area contributed by atoms with E-state index in [1.807, 2.05) is 19.1 Å². The Kier molecular flexibility index (Phi) is 17.0. The number of aliphatic hydroxyl groups excluding tert-OH is 9. The van der Waals surface area contributed by atoms with Crippen molar-refractivity contribution in [2.24, 2.45) is 50.2 Å². The molecule has 0 spiro atoms. The number of benzene rings is 1. The number of Topliss-reactive ketones (excluding diaryl/α,β-unsaturated/α-hetero) is 1. The van der Waals surface area contributed by atoms with Crippen LogP contribution in [0.2, 0.25) is 0 Å². The molecule has 3 aliphatic heterocycles. The Bertz CT molecular complexity index is 2440. The molecule has 79 heavy (non-hydrogen) atoms. The number of nitrogens with one attached hydrogen (secondary N) is 1. The molecule has 5 aliphatic carbocycles. The van der Waals surface area contributed by atoms with E-state index in [9.17, 15) is 70.2 Å². The molecule has 442 valence electrons. The summed E-state index contributed by atoms with van der Waals surface area (Å²) in [5.41, 5.74) is -1.08. The molecule has 11 N–H and O–H groups in total. The van der Waals surface area contributed by atoms with Gasteiger partial charge in [-0.1, -0.05) is 70.9 Å². The van der Waals surface area contributed by atoms with Gasteiger partial charge in [0.05, 0.1) is 36.3 Å². The number of aliphatic hydroxyl groups is 9. The minimum absolute atomic E-state index is 0.0230. The van der Waals surface area contributed by atoms with E-state index in [0.29, 0.717) is 57.1 Å². The SMILES string of the molecule is Cc1ccc(C(=O)NCCCC(=O)[C@]23CCC(C)(C)CC2C2=CCC4C5(C)CC[C@H](O[C@@H]6OC(C(=O)O)[C@@H](O)[C@H](O[C@@H]7OC[C@@H](O)[C@H](O)C7O)C6O[C@@H]6OC(CO)[C@H](O)[C@H](O)C6O)[C@](C)(C=O)[C@@H]5CC[C@]4(C)[C@]2(C)CC3O)cc1. The van der Waals surface area contributed by atoms with E-state index in [1.54, 1.807) is 19.1 Å². The van der Waals surface area contributed by atoms with Crippen molar-refractivity contribution in [1.29, 1.82) is 0 Å². The predicted octanol–water partition coefficient (Wildman–Crippen LogP) is 1.59. The molecule has 8 aliphatic rings. The molecule has 24 atom stereocenters. The lowest BCUT2D eigenvalue weighted by Gasteiger charge is -2.71. The molecular weight excluding hydrogens is 1030 g/mol. The molecule has 0 radical (unpaired) electrons. The second-order valence-corrected chi connectivity index (χ2v) is 26.2. The van der Waals surface area contributed by atoms with E-state index < -0.39 is 144 Å². The summed E-state index contributed by atoms with van der Waals surface area (Å²) in [6, 6.07) is 7.31. The van der Waals surface area contributed by atoms with Gasteiger partial charge in [0.15, 0.2) is 25.0 Å². The highest BCUT2D eigenvalue weighted by Gasteiger charge is 2.72. The quantitative estimate of drug-likeness (QED) is 0.0514. The van der Waals surface area contributed by atoms with Crippen LogP contribution in [0.1, 0.15) is 128 Å². The number of ketones is 1. The van der Waals surface area contributed by atoms with E-state index >= 15 is 0 Å². The Balaban J connectivity index is 0.991. The largest absolute Gasteiger partial charge is 0.479 e. The summed E-state index contributed by atoms with van der Waals surface area (Å²) in [6.45, 7) is 13.9. The number of carbonyl (C=O) groups excluding carboxylic acids is 3. The highest BCUT2D eigenvalue weighted by atomic mass is 16.8. The lowest BCUT2D eigenvalue weighted by atomic mass is 9.33. The van der Waals surface area contributed by atoms with Crippen molar-refractivity contribution < 1.29 is 98.7 Å². The molecule has 21 nitrogen and oxygen atoms in total. The van der Waals surface area contributed by atoms with Crippen molar-refractivity contribution in [3.8, 4) is 0 Å². The summed E-state index contributed by atoms with van der Waals surface area (Å²) in [7, 11) is 0. The highest BCUT2D eigenvalue weighted by Crippen LogP contribution is 2.76. The van der Waals surface area contributed by atoms with Crippen LogP contribution in [0.15, 0.2) is 35.9 Å². The molecule has 21 heteroatoms. The smallest absolute Gasteiger partial charge is 0.335 e. The third-order valence-electron chi connectivity index (χ3n) is 21.2. The Hall–Kier alpha value is -3.36. The Labute approximate surface area is 460 Å². The lowest BCUT2D eigenvalue weighted by molar-refractivity contribution is -0.391. The van der Waals surface area contributed by atoms with Crippen molar-refractivity contribution in [3.63, 3.8) is 0 Å². The van der Waals surface area contributed by atoms with E-state index in [4.69, 9.17) is 28.4 Å². The Morgan fingerprint density at radius 1 is 0.747 bits per heavy atom. The van der Waals surface area contributed by atoms with Gasteiger partial charge in [-0.3, -0.25) is 9.59 Å². The number of amides is 1. The monoisotopic (exact) mass is 1120 g/mol. The summed E-state index contributed by atoms with van der Waals surface area (Å²) in [5.74, 6) is -2.44. The summed E-state index contributed by atoms with van der Waals surface area (Å²) in [6.07, 6.45) is -19.3. The average molecular weight is 1120 g/mol. The minimum atomic E-state index is -2.15. The van der Waals surface area contributed by atoms with E-state index in [2.05, 4.69) is 46.0 Å². The summed E-state index contributed by atoms with van der Waals surface area (Å²) in [4.78, 5) is 54.7. The second kappa shape index (κ2) is 22.3. The first-order chi connectivity index (χ1) is 37.1. The zero-order valence-corrected chi connectivity index (χ0v) is 46.4. The predicted molar refractivity (Wildman–Crippen MR) is 277 cm³/mol. The van der Waals surface area contributed by atoms with E-state index in [-0.39, 0.29) is 47.7 Å². The number of aliphatic carboxylic acids is 1. The number of allylic oxidation sites excluding steroid dienone is 2. The third kappa shape index (κ3) is 10.2. The van der Waals surface area contributed by atoms with Gasteiger partial charge in [-0.05, 0) is 123 Å². The first-order valence-corrected chi connectivity index (χ1v) is 28.3. The lowest BCUT2D eigenvalue weighted by Crippen LogP contribution is -2.69. The number of ether oxygens (including phenoxy) is 6. The first-order valence-electron chi connectivity index (χ1n) is 28.3. The van der Waals surface area contributed by atoms with Crippen LogP contribution in [-0.4, -0.2) is 193 Å². The van der Waals surface area contributed by atoms with Crippen LogP contribution in [0, 0.1) is 57.2 Å². The number of rotatable bonds is 15. The summed E-state index contributed by atoms with van der Waals surface area (Å²) < 4.78 is 36.2. The van der Waals surface area contributed by atoms with Crippen molar-refractivity contribution in [1.82, 2.24) is 5.32 Å². The molecular formula is C58H85NO20. The van der Waals surface area contributed by atoms with Crippen molar-refractivity contribution in [2.75, 3.05) is 19.8 Å². The first kappa shape index (κ1) is 60.2. The van der Waals surface area contributed by atoms with Crippen molar-refractivity contribution >= 4 is 23.9 Å². The number of carboxylic acids is 1. The van der Waals surface area contributed by atoms with Crippen LogP contribution in [-0.2, 0) is 42.8 Å². The maximum absolute atomic E-state index is 14.9. The van der Waals surface area contributed by atoms with E-state index in [0.717, 1.165) is 24.7 Å². The molecule has 1 aromatic carbocycles. The Morgan fingerprint density at radius 3 is 2.10 bits per heavy atom. The van der Waals surface area contributed by atoms with Gasteiger partial charge in [-0.2, -0.15) is 0 Å². The standard InChI is InChI=1S/C58H85NO20/c1-28-10-12-29(13-11-28)48(71)59-22-8-9-36(63)58-21-20-53(2,3)23-31(58)30-14-15-35-54(4)18-17-38(55(5,27-61)34(54)16-19-56(35,6)57(30,7)24-37(58)64)76-52-47(79-51-43(69)41(67)40(66)33(25-60)75-51)45(44(70)46(78-52)49(72)73)77-50-42(68)39(65)32(62)26-74-50/h10-14,27,31-35,37-47,50-52,60,62,64-70H,8-9,15-26H2,1-7H3,(H,59,71)(H,72,73)/t31?,32-,33?,34-,35?,37?,38+,39+,40+,41+,42?,43?,44+,45+,46?,47?,50+,51+,52-,54?,55-,56+,57-,58+/m1/s1. The molecule has 0 bridgehead atoms. The molecule has 0 aromatic heterocycles. The van der Waals surface area contributed by atoms with Crippen LogP contribution >= 0.6 is 0 Å². The van der Waals surface area contributed by atoms with Crippen molar-refractivity contribution in [2.45, 2.75) is 217 Å². The molecule has 9 unspecified atom stereocenters. The molecule has 1 amide bonds. The molecule has 1 aromatic rings. The van der Waals surface area contributed by atoms with Crippen LogP contribution in [0.4, 0.5) is 0 Å². The fourth-order valence-electron chi connectivity index (χ4n) is 16.4. The van der Waals surface area contributed by atoms with Gasteiger partial charge in [0.1, 0.15) is 73.1 Å². The van der Waals surface area contributed by atoms with Crippen molar-refractivity contribution in [3.05, 3.63) is 47.0 Å². The fourth-order valence-corrected chi connectivity index (χ4v) is 16.4. The fraction of sp³-hybridized carbons (Fsp3) is 0.793. The Morgan fingerprint density at radius 2 is 1.43 bits per heavy atom. The summed E-state index contributed by atoms with van der Waals surface area (Å²) >= 11 is 0. The number of hydrogen-bond donors (Lipinski definition) is 11. The minimum Gasteiger partial charge on any atom is -0.479 e. The van der Waals surface area contributed by atoms with Gasteiger partial charge in [0, 0.05) is 18.5 Å². The number of carbonyl (C=O) groups is 4. The maximum Gasteiger partial charge on any atom is 0.335 e. The van der Waals surface area contributed by atoms with Crippen LogP contribution in [0.3, 0.4) is 0 Å². The highest BCUT2D eigenvalue weighted by molar-refractivity contribution is 5.94.